The molecule has 0 unspecified atom stereocenters. The molecule has 2 rings (SSSR count). The predicted octanol–water partition coefficient (Wildman–Crippen LogP) is 0.468. The zero-order chi connectivity index (χ0) is 10.8. The van der Waals surface area contributed by atoms with Crippen LogP contribution < -0.4 is 10.5 Å². The first-order valence-corrected chi connectivity index (χ1v) is 4.39. The van der Waals surface area contributed by atoms with Gasteiger partial charge >= 0.3 is 0 Å². The first kappa shape index (κ1) is 9.45. The van der Waals surface area contributed by atoms with Gasteiger partial charge in [0.2, 0.25) is 0 Å². The molecule has 1 aromatic carbocycles. The largest absolute Gasteiger partial charge is 0.496 e. The fourth-order valence-electron chi connectivity index (χ4n) is 1.40. The predicted molar refractivity (Wildman–Crippen MR) is 55.2 cm³/mol. The van der Waals surface area contributed by atoms with Crippen LogP contribution in [0.4, 0.5) is 5.69 Å². The molecule has 0 amide bonds. The monoisotopic (exact) mass is 205 g/mol. The zero-order valence-corrected chi connectivity index (χ0v) is 8.51. The number of hydrogen-bond donors (Lipinski definition) is 1. The van der Waals surface area contributed by atoms with Crippen molar-refractivity contribution in [3.05, 3.63) is 18.2 Å². The maximum atomic E-state index is 5.87. The molecule has 0 aliphatic rings. The number of tetrazole rings is 1. The lowest BCUT2D eigenvalue weighted by atomic mass is 10.1. The zero-order valence-electron chi connectivity index (χ0n) is 8.51. The van der Waals surface area contributed by atoms with E-state index in [0.29, 0.717) is 22.8 Å². The minimum absolute atomic E-state index is 0.588. The number of nitrogen functional groups attached to an aromatic ring is 1. The fraction of sp³-hybridized carbons (Fsp3) is 0.222. The Morgan fingerprint density at radius 2 is 2.20 bits per heavy atom. The third-order valence-electron chi connectivity index (χ3n) is 2.12. The molecular formula is C9H11N5O. The van der Waals surface area contributed by atoms with Crippen molar-refractivity contribution in [2.24, 2.45) is 7.05 Å². The Kier molecular flexibility index (Phi) is 2.24. The highest BCUT2D eigenvalue weighted by Crippen LogP contribution is 2.32. The number of nitrogens with two attached hydrogens (primary N) is 1. The Bertz CT molecular complexity index is 479. The van der Waals surface area contributed by atoms with E-state index in [4.69, 9.17) is 10.5 Å². The molecular weight excluding hydrogens is 194 g/mol. The molecule has 2 aromatic rings. The number of benzene rings is 1. The van der Waals surface area contributed by atoms with Crippen molar-refractivity contribution < 1.29 is 4.74 Å². The molecule has 0 saturated heterocycles. The summed E-state index contributed by atoms with van der Waals surface area (Å²) in [5.74, 6) is 1.25. The summed E-state index contributed by atoms with van der Waals surface area (Å²) in [7, 11) is 3.34. The number of anilines is 1. The number of ether oxygens (including phenoxy) is 1. The average Bonchev–Trinajstić information content (AvgIpc) is 2.64. The minimum atomic E-state index is 0.588. The van der Waals surface area contributed by atoms with Crippen molar-refractivity contribution in [1.29, 1.82) is 0 Å². The van der Waals surface area contributed by atoms with Crippen molar-refractivity contribution in [3.63, 3.8) is 0 Å². The van der Waals surface area contributed by atoms with E-state index in [-0.39, 0.29) is 0 Å². The molecule has 0 fully saturated rings. The normalized spacial score (nSPS) is 10.3. The van der Waals surface area contributed by atoms with Crippen LogP contribution in [0.5, 0.6) is 5.75 Å². The molecule has 0 radical (unpaired) electrons. The molecule has 0 aliphatic carbocycles. The molecule has 0 spiro atoms. The molecule has 0 bridgehead atoms. The number of nitrogens with zero attached hydrogens (tertiary/aromatic N) is 4. The van der Waals surface area contributed by atoms with Crippen molar-refractivity contribution in [2.45, 2.75) is 0 Å². The summed E-state index contributed by atoms with van der Waals surface area (Å²) >= 11 is 0. The molecule has 78 valence electrons. The van der Waals surface area contributed by atoms with Gasteiger partial charge in [-0.05, 0) is 22.6 Å². The summed E-state index contributed by atoms with van der Waals surface area (Å²) in [4.78, 5) is 0. The van der Waals surface area contributed by atoms with Crippen LogP contribution in [-0.2, 0) is 7.05 Å². The van der Waals surface area contributed by atoms with Crippen LogP contribution in [0.1, 0.15) is 0 Å². The van der Waals surface area contributed by atoms with E-state index in [1.165, 1.54) is 0 Å². The summed E-state index contributed by atoms with van der Waals surface area (Å²) < 4.78 is 6.77. The van der Waals surface area contributed by atoms with Gasteiger partial charge in [-0.3, -0.25) is 0 Å². The Hall–Kier alpha value is -2.11. The smallest absolute Gasteiger partial charge is 0.187 e. The molecule has 6 heteroatoms. The van der Waals surface area contributed by atoms with Crippen LogP contribution in [0.3, 0.4) is 0 Å². The first-order chi connectivity index (χ1) is 7.24. The SMILES string of the molecule is COc1cccc(N)c1-c1nnnn1C. The molecule has 1 heterocycles. The Morgan fingerprint density at radius 1 is 1.40 bits per heavy atom. The fourth-order valence-corrected chi connectivity index (χ4v) is 1.40. The van der Waals surface area contributed by atoms with Gasteiger partial charge in [-0.1, -0.05) is 6.07 Å². The number of aryl methyl sites for hydroxylation is 1. The van der Waals surface area contributed by atoms with E-state index >= 15 is 0 Å². The van der Waals surface area contributed by atoms with Crippen LogP contribution in [0, 0.1) is 0 Å². The van der Waals surface area contributed by atoms with Crippen molar-refractivity contribution in [1.82, 2.24) is 20.2 Å². The van der Waals surface area contributed by atoms with Gasteiger partial charge in [-0.15, -0.1) is 5.10 Å². The molecule has 1 aromatic heterocycles. The molecule has 0 atom stereocenters. The van der Waals surface area contributed by atoms with Gasteiger partial charge in [0, 0.05) is 12.7 Å². The Balaban J connectivity index is 2.66. The lowest BCUT2D eigenvalue weighted by Gasteiger charge is -2.08. The first-order valence-electron chi connectivity index (χ1n) is 4.39. The molecule has 0 saturated carbocycles. The van der Waals surface area contributed by atoms with Crippen LogP contribution in [0.2, 0.25) is 0 Å². The molecule has 15 heavy (non-hydrogen) atoms. The van der Waals surface area contributed by atoms with Gasteiger partial charge in [-0.25, -0.2) is 4.68 Å². The number of methoxy groups -OCH3 is 1. The van der Waals surface area contributed by atoms with Crippen LogP contribution in [-0.4, -0.2) is 27.3 Å². The van der Waals surface area contributed by atoms with Crippen molar-refractivity contribution in [3.8, 4) is 17.1 Å². The second kappa shape index (κ2) is 3.56. The molecule has 2 N–H and O–H groups in total. The Labute approximate surface area is 86.7 Å². The van der Waals surface area contributed by atoms with Gasteiger partial charge < -0.3 is 10.5 Å². The summed E-state index contributed by atoms with van der Waals surface area (Å²) in [5, 5.41) is 11.2. The topological polar surface area (TPSA) is 78.8 Å². The van der Waals surface area contributed by atoms with Gasteiger partial charge in [0.15, 0.2) is 5.82 Å². The lowest BCUT2D eigenvalue weighted by molar-refractivity contribution is 0.416. The van der Waals surface area contributed by atoms with Gasteiger partial charge in [0.1, 0.15) is 5.75 Å². The maximum absolute atomic E-state index is 5.87. The quantitative estimate of drug-likeness (QED) is 0.721. The summed E-state index contributed by atoms with van der Waals surface area (Å²) in [6.45, 7) is 0. The highest BCUT2D eigenvalue weighted by atomic mass is 16.5. The van der Waals surface area contributed by atoms with E-state index in [1.54, 1.807) is 24.9 Å². The molecule has 0 aliphatic heterocycles. The minimum Gasteiger partial charge on any atom is -0.496 e. The van der Waals surface area contributed by atoms with Gasteiger partial charge in [0.25, 0.3) is 0 Å². The van der Waals surface area contributed by atoms with Crippen LogP contribution in [0.15, 0.2) is 18.2 Å². The highest BCUT2D eigenvalue weighted by Gasteiger charge is 2.14. The van der Waals surface area contributed by atoms with Gasteiger partial charge in [0.05, 0.1) is 12.7 Å². The maximum Gasteiger partial charge on any atom is 0.187 e. The van der Waals surface area contributed by atoms with E-state index in [0.717, 1.165) is 0 Å². The van der Waals surface area contributed by atoms with E-state index in [9.17, 15) is 0 Å². The van der Waals surface area contributed by atoms with Crippen LogP contribution >= 0.6 is 0 Å². The van der Waals surface area contributed by atoms with E-state index < -0.39 is 0 Å². The summed E-state index contributed by atoms with van der Waals surface area (Å²) in [6, 6.07) is 5.42. The highest BCUT2D eigenvalue weighted by molar-refractivity contribution is 5.77. The van der Waals surface area contributed by atoms with Gasteiger partial charge in [-0.2, -0.15) is 0 Å². The number of hydrogen-bond acceptors (Lipinski definition) is 5. The third kappa shape index (κ3) is 1.50. The van der Waals surface area contributed by atoms with Crippen LogP contribution in [0.25, 0.3) is 11.4 Å². The number of rotatable bonds is 2. The van der Waals surface area contributed by atoms with E-state index in [1.807, 2.05) is 12.1 Å². The number of aromatic nitrogens is 4. The van der Waals surface area contributed by atoms with E-state index in [2.05, 4.69) is 15.5 Å². The van der Waals surface area contributed by atoms with Crippen molar-refractivity contribution >= 4 is 5.69 Å². The second-order valence-corrected chi connectivity index (χ2v) is 3.05. The Morgan fingerprint density at radius 3 is 2.80 bits per heavy atom. The summed E-state index contributed by atoms with van der Waals surface area (Å²) in [6.07, 6.45) is 0. The lowest BCUT2D eigenvalue weighted by Crippen LogP contribution is -2.00. The third-order valence-corrected chi connectivity index (χ3v) is 2.12. The standard InChI is InChI=1S/C9H11N5O/c1-14-9(11-12-13-14)8-6(10)4-3-5-7(8)15-2/h3-5H,10H2,1-2H3. The molecule has 6 nitrogen and oxygen atoms in total. The second-order valence-electron chi connectivity index (χ2n) is 3.05. The summed E-state index contributed by atoms with van der Waals surface area (Å²) in [5.41, 5.74) is 7.17. The average molecular weight is 205 g/mol. The van der Waals surface area contributed by atoms with Crippen molar-refractivity contribution in [2.75, 3.05) is 12.8 Å².